The van der Waals surface area contributed by atoms with Crippen molar-refractivity contribution in [2.24, 2.45) is 16.5 Å². The van der Waals surface area contributed by atoms with Crippen molar-refractivity contribution in [1.29, 1.82) is 0 Å². The molecule has 18 heteroatoms. The third-order valence-corrected chi connectivity index (χ3v) is 8.56. The van der Waals surface area contributed by atoms with Crippen LogP contribution in [0.2, 0.25) is 5.02 Å². The van der Waals surface area contributed by atoms with E-state index >= 15 is 0 Å². The molecule has 38 heavy (non-hydrogen) atoms. The number of rotatable bonds is 7. The number of nitrogens with zero attached hydrogens (tertiary/aromatic N) is 3. The van der Waals surface area contributed by atoms with E-state index in [0.717, 1.165) is 25.7 Å². The SMILES string of the molecule is CCC(N=C(N)N)NC(=O)CN1CCN(S(=O)(=O)c2cc3ccc(Cl)cc3s2)CC1=O.O=C(O)C(F)(F)F. The second-order valence-electron chi connectivity index (χ2n) is 7.75. The minimum atomic E-state index is -5.08. The highest BCUT2D eigenvalue weighted by Gasteiger charge is 2.38. The molecule has 6 N–H and O–H groups in total. The van der Waals surface area contributed by atoms with Crippen LogP contribution in [-0.4, -0.2) is 85.0 Å². The van der Waals surface area contributed by atoms with Crippen LogP contribution in [-0.2, 0) is 24.4 Å². The zero-order chi connectivity index (χ0) is 28.8. The molecule has 2 heterocycles. The van der Waals surface area contributed by atoms with Gasteiger partial charge in [0.05, 0.1) is 13.1 Å². The number of sulfonamides is 1. The van der Waals surface area contributed by atoms with Gasteiger partial charge in [0.2, 0.25) is 11.8 Å². The van der Waals surface area contributed by atoms with Crippen LogP contribution in [0, 0.1) is 0 Å². The maximum Gasteiger partial charge on any atom is 0.490 e. The van der Waals surface area contributed by atoms with Gasteiger partial charge in [0.15, 0.2) is 5.96 Å². The Bertz CT molecular complexity index is 1330. The summed E-state index contributed by atoms with van der Waals surface area (Å²) < 4.78 is 59.8. The fraction of sp³-hybridized carbons (Fsp3) is 0.400. The van der Waals surface area contributed by atoms with E-state index in [1.54, 1.807) is 31.2 Å². The molecule has 1 atom stereocenters. The Kier molecular flexibility index (Phi) is 10.3. The minimum absolute atomic E-state index is 0.0848. The van der Waals surface area contributed by atoms with Crippen molar-refractivity contribution < 1.29 is 41.1 Å². The molecule has 3 rings (SSSR count). The summed E-state index contributed by atoms with van der Waals surface area (Å²) in [7, 11) is -3.84. The number of carboxylic acids is 1. The quantitative estimate of drug-likeness (QED) is 0.269. The van der Waals surface area contributed by atoms with E-state index in [0.29, 0.717) is 11.4 Å². The van der Waals surface area contributed by atoms with E-state index in [9.17, 15) is 31.2 Å². The van der Waals surface area contributed by atoms with Gasteiger partial charge < -0.3 is 26.8 Å². The Morgan fingerprint density at radius 2 is 1.89 bits per heavy atom. The Balaban J connectivity index is 0.000000638. The molecule has 210 valence electrons. The second-order valence-corrected chi connectivity index (χ2v) is 11.4. The average molecular weight is 601 g/mol. The van der Waals surface area contributed by atoms with Crippen LogP contribution in [0.4, 0.5) is 13.2 Å². The van der Waals surface area contributed by atoms with Crippen LogP contribution in [0.3, 0.4) is 0 Å². The third kappa shape index (κ3) is 8.44. The highest BCUT2D eigenvalue weighted by molar-refractivity contribution is 7.91. The molecule has 0 saturated carbocycles. The minimum Gasteiger partial charge on any atom is -0.475 e. The van der Waals surface area contributed by atoms with Gasteiger partial charge in [-0.1, -0.05) is 24.6 Å². The van der Waals surface area contributed by atoms with Crippen LogP contribution < -0.4 is 16.8 Å². The van der Waals surface area contributed by atoms with E-state index < -0.39 is 40.1 Å². The van der Waals surface area contributed by atoms with Gasteiger partial charge in [-0.15, -0.1) is 11.3 Å². The number of nitrogens with two attached hydrogens (primary N) is 2. The summed E-state index contributed by atoms with van der Waals surface area (Å²) in [6, 6.07) is 6.72. The fourth-order valence-electron chi connectivity index (χ4n) is 3.10. The van der Waals surface area contributed by atoms with Crippen LogP contribution in [0.25, 0.3) is 10.1 Å². The van der Waals surface area contributed by atoms with Gasteiger partial charge >= 0.3 is 12.1 Å². The van der Waals surface area contributed by atoms with Gasteiger partial charge in [-0.2, -0.15) is 17.5 Å². The molecular weight excluding hydrogens is 577 g/mol. The Morgan fingerprint density at radius 3 is 2.42 bits per heavy atom. The third-order valence-electron chi connectivity index (χ3n) is 4.93. The maximum atomic E-state index is 13.0. The summed E-state index contributed by atoms with van der Waals surface area (Å²) >= 11 is 7.08. The first kappa shape index (κ1) is 31.1. The fourth-order valence-corrected chi connectivity index (χ4v) is 6.31. The summed E-state index contributed by atoms with van der Waals surface area (Å²) in [5.74, 6) is -3.79. The molecule has 12 nitrogen and oxygen atoms in total. The van der Waals surface area contributed by atoms with Crippen LogP contribution in [0.1, 0.15) is 13.3 Å². The number of aliphatic carboxylic acids is 1. The van der Waals surface area contributed by atoms with E-state index in [4.69, 9.17) is 33.0 Å². The zero-order valence-corrected chi connectivity index (χ0v) is 22.1. The van der Waals surface area contributed by atoms with Crippen LogP contribution in [0.15, 0.2) is 33.5 Å². The molecule has 1 aliphatic rings. The van der Waals surface area contributed by atoms with E-state index in [1.807, 2.05) is 0 Å². The van der Waals surface area contributed by atoms with Crippen molar-refractivity contribution in [3.05, 3.63) is 29.3 Å². The summed E-state index contributed by atoms with van der Waals surface area (Å²) in [5.41, 5.74) is 10.7. The van der Waals surface area contributed by atoms with E-state index in [2.05, 4.69) is 10.3 Å². The molecule has 1 aliphatic heterocycles. The number of carbonyl (C=O) groups is 3. The zero-order valence-electron chi connectivity index (χ0n) is 19.7. The lowest BCUT2D eigenvalue weighted by molar-refractivity contribution is -0.192. The normalized spacial score (nSPS) is 15.4. The number of piperazine rings is 1. The number of hydrogen-bond donors (Lipinski definition) is 4. The number of alkyl halides is 3. The van der Waals surface area contributed by atoms with Gasteiger partial charge in [0.25, 0.3) is 10.0 Å². The van der Waals surface area contributed by atoms with Gasteiger partial charge in [0, 0.05) is 22.8 Å². The van der Waals surface area contributed by atoms with Crippen molar-refractivity contribution in [2.75, 3.05) is 26.2 Å². The molecule has 0 spiro atoms. The number of amides is 2. The van der Waals surface area contributed by atoms with Crippen molar-refractivity contribution in [3.63, 3.8) is 0 Å². The number of guanidine groups is 1. The number of thiophene rings is 1. The van der Waals surface area contributed by atoms with Crippen molar-refractivity contribution in [3.8, 4) is 0 Å². The predicted molar refractivity (Wildman–Crippen MR) is 134 cm³/mol. The summed E-state index contributed by atoms with van der Waals surface area (Å²) in [4.78, 5) is 38.9. The molecule has 0 bridgehead atoms. The summed E-state index contributed by atoms with van der Waals surface area (Å²) in [6.45, 7) is 1.44. The number of halogens is 4. The van der Waals surface area contributed by atoms with Gasteiger partial charge in [-0.3, -0.25) is 9.59 Å². The molecule has 2 amide bonds. The standard InChI is InChI=1S/C18H23ClN6O4S2.C2HF3O2/c1-2-14(23-18(20)21)22-15(26)9-24-5-6-25(10-16(24)27)31(28,29)17-7-11-3-4-12(19)8-13(11)30-17;3-2(4,5)1(6)7/h3-4,7-8,14H,2,5-6,9-10H2,1H3,(H,22,26)(H4,20,21,23);(H,6,7). The van der Waals surface area contributed by atoms with E-state index in [1.165, 1.54) is 4.90 Å². The molecule has 0 aliphatic carbocycles. The monoisotopic (exact) mass is 600 g/mol. The van der Waals surface area contributed by atoms with Gasteiger partial charge in [-0.05, 0) is 30.0 Å². The number of nitrogens with one attached hydrogen (secondary N) is 1. The second kappa shape index (κ2) is 12.6. The molecule has 0 radical (unpaired) electrons. The first-order chi connectivity index (χ1) is 17.5. The number of benzene rings is 1. The average Bonchev–Trinajstić information content (AvgIpc) is 3.23. The highest BCUT2D eigenvalue weighted by Crippen LogP contribution is 2.33. The van der Waals surface area contributed by atoms with E-state index in [-0.39, 0.29) is 36.3 Å². The number of carboxylic acid groups (broad SMARTS) is 1. The maximum absolute atomic E-state index is 13.0. The Labute approximate surface area is 224 Å². The molecule has 1 fully saturated rings. The van der Waals surface area contributed by atoms with Gasteiger partial charge in [-0.25, -0.2) is 18.2 Å². The Morgan fingerprint density at radius 1 is 1.26 bits per heavy atom. The largest absolute Gasteiger partial charge is 0.490 e. The van der Waals surface area contributed by atoms with Crippen molar-refractivity contribution in [1.82, 2.24) is 14.5 Å². The van der Waals surface area contributed by atoms with Gasteiger partial charge in [0.1, 0.15) is 10.4 Å². The molecular formula is C20H24ClF3N6O6S2. The molecule has 1 saturated heterocycles. The first-order valence-electron chi connectivity index (χ1n) is 10.7. The van der Waals surface area contributed by atoms with Crippen LogP contribution in [0.5, 0.6) is 0 Å². The lowest BCUT2D eigenvalue weighted by atomic mass is 10.3. The van der Waals surface area contributed by atoms with Crippen molar-refractivity contribution in [2.45, 2.75) is 29.9 Å². The molecule has 1 unspecified atom stereocenters. The smallest absolute Gasteiger partial charge is 0.475 e. The number of carbonyl (C=O) groups excluding carboxylic acids is 2. The highest BCUT2D eigenvalue weighted by atomic mass is 35.5. The van der Waals surface area contributed by atoms with Crippen LogP contribution >= 0.6 is 22.9 Å². The summed E-state index contributed by atoms with van der Waals surface area (Å²) in [5, 5.41) is 11.0. The first-order valence-corrected chi connectivity index (χ1v) is 13.3. The molecule has 1 aromatic carbocycles. The number of hydrogen-bond acceptors (Lipinski definition) is 7. The number of aliphatic imine (C=N–C) groups is 1. The molecule has 1 aromatic heterocycles. The van der Waals surface area contributed by atoms with Crippen molar-refractivity contribution >= 4 is 66.8 Å². The molecule has 2 aromatic rings. The lowest BCUT2D eigenvalue weighted by Crippen LogP contribution is -2.54. The predicted octanol–water partition coefficient (Wildman–Crippen LogP) is 1.15. The Hall–Kier alpha value is -3.15. The number of fused-ring (bicyclic) bond motifs is 1. The lowest BCUT2D eigenvalue weighted by Gasteiger charge is -2.33. The topological polar surface area (TPSA) is 188 Å². The summed E-state index contributed by atoms with van der Waals surface area (Å²) in [6.07, 6.45) is -5.19.